The van der Waals surface area contributed by atoms with Crippen molar-refractivity contribution in [3.63, 3.8) is 0 Å². The van der Waals surface area contributed by atoms with Gasteiger partial charge in [-0.1, -0.05) is 0 Å². The summed E-state index contributed by atoms with van der Waals surface area (Å²) < 4.78 is 0. The van der Waals surface area contributed by atoms with Crippen LogP contribution in [0.2, 0.25) is 0 Å². The van der Waals surface area contributed by atoms with E-state index in [0.717, 1.165) is 0 Å². The van der Waals surface area contributed by atoms with Crippen molar-refractivity contribution < 1.29 is 15.0 Å². The van der Waals surface area contributed by atoms with E-state index < -0.39 is 24.7 Å². The molecule has 5 heteroatoms. The Balaban J connectivity index is 3.61. The van der Waals surface area contributed by atoms with Crippen molar-refractivity contribution in [1.82, 2.24) is 0 Å². The minimum atomic E-state index is -1.06. The maximum Gasteiger partial charge on any atom is 0.219 e. The predicted octanol–water partition coefficient (Wildman–Crippen LogP) is -2.46. The summed E-state index contributed by atoms with van der Waals surface area (Å²) in [6.07, 6.45) is -1.17. The number of aliphatic hydroxyl groups excluding tert-OH is 2. The second kappa shape index (κ2) is 4.21. The predicted molar refractivity (Wildman–Crippen MR) is 34.9 cm³/mol. The van der Waals surface area contributed by atoms with Crippen LogP contribution in [0.15, 0.2) is 0 Å². The largest absolute Gasteiger partial charge is 0.394 e. The Hall–Kier alpha value is -0.650. The third-order valence-electron chi connectivity index (χ3n) is 1.12. The fourth-order valence-electron chi connectivity index (χ4n) is 0.504. The summed E-state index contributed by atoms with van der Waals surface area (Å²) in [7, 11) is 0. The molecule has 10 heavy (non-hydrogen) atoms. The highest BCUT2D eigenvalue weighted by Gasteiger charge is 2.15. The summed E-state index contributed by atoms with van der Waals surface area (Å²) in [5, 5.41) is 17.1. The Kier molecular flexibility index (Phi) is 3.94. The van der Waals surface area contributed by atoms with Crippen LogP contribution in [0.4, 0.5) is 0 Å². The van der Waals surface area contributed by atoms with Gasteiger partial charge >= 0.3 is 0 Å². The first-order chi connectivity index (χ1) is 4.57. The van der Waals surface area contributed by atoms with Crippen LogP contribution in [-0.4, -0.2) is 34.9 Å². The summed E-state index contributed by atoms with van der Waals surface area (Å²) in [6.45, 7) is -0.450. The van der Waals surface area contributed by atoms with Crippen molar-refractivity contribution in [2.45, 2.75) is 18.6 Å². The van der Waals surface area contributed by atoms with E-state index in [9.17, 15) is 4.79 Å². The number of rotatable bonds is 4. The molecule has 1 amide bonds. The van der Waals surface area contributed by atoms with E-state index in [1.165, 1.54) is 0 Å². The molecule has 0 spiro atoms. The van der Waals surface area contributed by atoms with Crippen LogP contribution in [-0.2, 0) is 4.79 Å². The highest BCUT2D eigenvalue weighted by molar-refractivity contribution is 5.74. The first kappa shape index (κ1) is 9.35. The van der Waals surface area contributed by atoms with Crippen LogP contribution in [0.1, 0.15) is 6.42 Å². The average molecular weight is 148 g/mol. The van der Waals surface area contributed by atoms with Gasteiger partial charge in [0.05, 0.1) is 12.7 Å². The topological polar surface area (TPSA) is 110 Å². The fourth-order valence-corrected chi connectivity index (χ4v) is 0.504. The van der Waals surface area contributed by atoms with Gasteiger partial charge in [-0.25, -0.2) is 0 Å². The molecular weight excluding hydrogens is 136 g/mol. The molecular formula is C5H12N2O3. The van der Waals surface area contributed by atoms with E-state index >= 15 is 0 Å². The average Bonchev–Trinajstić information content (AvgIpc) is 1.85. The quantitative estimate of drug-likeness (QED) is 0.354. The molecule has 0 aliphatic rings. The summed E-state index contributed by atoms with van der Waals surface area (Å²) in [4.78, 5) is 10.2. The Morgan fingerprint density at radius 1 is 1.60 bits per heavy atom. The van der Waals surface area contributed by atoms with Crippen LogP contribution >= 0.6 is 0 Å². The molecule has 0 aliphatic heterocycles. The van der Waals surface area contributed by atoms with Crippen LogP contribution in [0.3, 0.4) is 0 Å². The van der Waals surface area contributed by atoms with Gasteiger partial charge in [0.15, 0.2) is 0 Å². The first-order valence-corrected chi connectivity index (χ1v) is 2.90. The van der Waals surface area contributed by atoms with Gasteiger partial charge in [0.2, 0.25) is 5.91 Å². The molecule has 0 fully saturated rings. The molecule has 0 saturated heterocycles. The van der Waals surface area contributed by atoms with Gasteiger partial charge in [-0.2, -0.15) is 0 Å². The molecule has 0 saturated carbocycles. The second-order valence-corrected chi connectivity index (χ2v) is 2.08. The van der Waals surface area contributed by atoms with Gasteiger partial charge in [0, 0.05) is 12.5 Å². The molecule has 0 bridgehead atoms. The van der Waals surface area contributed by atoms with Crippen molar-refractivity contribution in [3.05, 3.63) is 0 Å². The lowest BCUT2D eigenvalue weighted by molar-refractivity contribution is -0.119. The Bertz CT molecular complexity index is 117. The third kappa shape index (κ3) is 3.39. The standard InChI is InChI=1S/C5H12N2O3/c6-3(1-5(7)10)4(9)2-8/h3-4,8-9H,1-2,6H2,(H2,7,10). The highest BCUT2D eigenvalue weighted by atomic mass is 16.3. The number of hydrogen-bond acceptors (Lipinski definition) is 4. The molecule has 0 aromatic heterocycles. The first-order valence-electron chi connectivity index (χ1n) is 2.90. The molecule has 2 atom stereocenters. The molecule has 0 radical (unpaired) electrons. The Morgan fingerprint density at radius 3 is 2.40 bits per heavy atom. The van der Waals surface area contributed by atoms with Crippen molar-refractivity contribution in [1.29, 1.82) is 0 Å². The van der Waals surface area contributed by atoms with E-state index in [-0.39, 0.29) is 6.42 Å². The SMILES string of the molecule is NC(=O)CC(N)C(O)CO. The van der Waals surface area contributed by atoms with Gasteiger partial charge in [-0.15, -0.1) is 0 Å². The van der Waals surface area contributed by atoms with Crippen LogP contribution in [0.5, 0.6) is 0 Å². The number of hydrogen-bond donors (Lipinski definition) is 4. The number of aliphatic hydroxyl groups is 2. The minimum absolute atomic E-state index is 0.109. The maximum atomic E-state index is 10.2. The second-order valence-electron chi connectivity index (χ2n) is 2.08. The molecule has 0 rings (SSSR count). The lowest BCUT2D eigenvalue weighted by Crippen LogP contribution is -2.40. The number of amides is 1. The normalized spacial score (nSPS) is 16.3. The van der Waals surface area contributed by atoms with E-state index in [4.69, 9.17) is 21.7 Å². The molecule has 0 aromatic rings. The van der Waals surface area contributed by atoms with Crippen molar-refractivity contribution in [2.24, 2.45) is 11.5 Å². The van der Waals surface area contributed by atoms with E-state index in [0.29, 0.717) is 0 Å². The number of primary amides is 1. The zero-order chi connectivity index (χ0) is 8.15. The van der Waals surface area contributed by atoms with Crippen LogP contribution < -0.4 is 11.5 Å². The number of carbonyl (C=O) groups excluding carboxylic acids is 1. The molecule has 0 heterocycles. The summed E-state index contributed by atoms with van der Waals surface area (Å²) >= 11 is 0. The molecule has 2 unspecified atom stereocenters. The monoisotopic (exact) mass is 148 g/mol. The summed E-state index contributed by atoms with van der Waals surface area (Å²) in [5.74, 6) is -0.583. The summed E-state index contributed by atoms with van der Waals surface area (Å²) in [6, 6.07) is -0.762. The van der Waals surface area contributed by atoms with Gasteiger partial charge < -0.3 is 21.7 Å². The maximum absolute atomic E-state index is 10.2. The molecule has 0 aliphatic carbocycles. The van der Waals surface area contributed by atoms with Crippen molar-refractivity contribution >= 4 is 5.91 Å². The number of nitrogens with two attached hydrogens (primary N) is 2. The highest BCUT2D eigenvalue weighted by Crippen LogP contribution is 1.93. The fraction of sp³-hybridized carbons (Fsp3) is 0.800. The Labute approximate surface area is 58.6 Å². The van der Waals surface area contributed by atoms with Crippen LogP contribution in [0.25, 0.3) is 0 Å². The zero-order valence-corrected chi connectivity index (χ0v) is 5.53. The van der Waals surface area contributed by atoms with Gasteiger partial charge in [0.25, 0.3) is 0 Å². The van der Waals surface area contributed by atoms with Gasteiger partial charge in [0.1, 0.15) is 0 Å². The smallest absolute Gasteiger partial charge is 0.219 e. The zero-order valence-electron chi connectivity index (χ0n) is 5.53. The van der Waals surface area contributed by atoms with Gasteiger partial charge in [-0.05, 0) is 0 Å². The molecule has 60 valence electrons. The van der Waals surface area contributed by atoms with Crippen molar-refractivity contribution in [3.8, 4) is 0 Å². The Morgan fingerprint density at radius 2 is 2.10 bits per heavy atom. The molecule has 6 N–H and O–H groups in total. The van der Waals surface area contributed by atoms with Crippen LogP contribution in [0, 0.1) is 0 Å². The minimum Gasteiger partial charge on any atom is -0.394 e. The number of carbonyl (C=O) groups is 1. The van der Waals surface area contributed by atoms with E-state index in [1.54, 1.807) is 0 Å². The summed E-state index contributed by atoms with van der Waals surface area (Å²) in [5.41, 5.74) is 9.99. The lowest BCUT2D eigenvalue weighted by atomic mass is 10.1. The van der Waals surface area contributed by atoms with Gasteiger partial charge in [-0.3, -0.25) is 4.79 Å². The molecule has 5 nitrogen and oxygen atoms in total. The molecule has 0 aromatic carbocycles. The lowest BCUT2D eigenvalue weighted by Gasteiger charge is -2.13. The van der Waals surface area contributed by atoms with Crippen molar-refractivity contribution in [2.75, 3.05) is 6.61 Å². The third-order valence-corrected chi connectivity index (χ3v) is 1.12. The van der Waals surface area contributed by atoms with E-state index in [2.05, 4.69) is 0 Å². The van der Waals surface area contributed by atoms with E-state index in [1.807, 2.05) is 0 Å².